The quantitative estimate of drug-likeness (QED) is 0.482. The standard InChI is InChI=1S/C23H21ClN4O2S/c1-16-14-18(8-11-20(16)26-31(29,30)19-9-6-17(24)7-10-19)27-12-13-28-22-5-3-2-4-21(22)25-23(28)15-27/h2-11,14,26H,12-13,15H2,1H3. The summed E-state index contributed by atoms with van der Waals surface area (Å²) in [5, 5.41) is 0.495. The second-order valence-electron chi connectivity index (χ2n) is 7.65. The highest BCUT2D eigenvalue weighted by atomic mass is 35.5. The van der Waals surface area contributed by atoms with Crippen LogP contribution in [0.4, 0.5) is 11.4 Å². The summed E-state index contributed by atoms with van der Waals surface area (Å²) < 4.78 is 30.3. The zero-order valence-electron chi connectivity index (χ0n) is 16.9. The van der Waals surface area contributed by atoms with Gasteiger partial charge >= 0.3 is 0 Å². The van der Waals surface area contributed by atoms with E-state index in [0.717, 1.165) is 35.7 Å². The van der Waals surface area contributed by atoms with Crippen molar-refractivity contribution in [2.45, 2.75) is 24.9 Å². The Balaban J connectivity index is 1.38. The number of aryl methyl sites for hydroxylation is 1. The van der Waals surface area contributed by atoms with Gasteiger partial charge < -0.3 is 9.47 Å². The fourth-order valence-electron chi connectivity index (χ4n) is 3.96. The van der Waals surface area contributed by atoms with Gasteiger partial charge in [-0.05, 0) is 67.1 Å². The van der Waals surface area contributed by atoms with E-state index >= 15 is 0 Å². The molecule has 1 N–H and O–H groups in total. The van der Waals surface area contributed by atoms with Gasteiger partial charge in [-0.15, -0.1) is 0 Å². The molecule has 0 bridgehead atoms. The molecule has 1 aromatic heterocycles. The van der Waals surface area contributed by atoms with Crippen molar-refractivity contribution in [3.63, 3.8) is 0 Å². The number of sulfonamides is 1. The highest BCUT2D eigenvalue weighted by molar-refractivity contribution is 7.92. The number of imidazole rings is 1. The van der Waals surface area contributed by atoms with Crippen LogP contribution in [-0.4, -0.2) is 24.5 Å². The Labute approximate surface area is 186 Å². The number of hydrogen-bond acceptors (Lipinski definition) is 4. The average molecular weight is 453 g/mol. The molecule has 0 aliphatic carbocycles. The maximum absolute atomic E-state index is 12.7. The Hall–Kier alpha value is -3.03. The summed E-state index contributed by atoms with van der Waals surface area (Å²) in [6.45, 7) is 4.34. The molecular formula is C23H21ClN4O2S. The second-order valence-corrected chi connectivity index (χ2v) is 9.77. The Morgan fingerprint density at radius 3 is 2.55 bits per heavy atom. The summed E-state index contributed by atoms with van der Waals surface area (Å²) in [7, 11) is -3.68. The fourth-order valence-corrected chi connectivity index (χ4v) is 5.22. The molecule has 0 atom stereocenters. The SMILES string of the molecule is Cc1cc(N2CCn3c(nc4ccccc43)C2)ccc1NS(=O)(=O)c1ccc(Cl)cc1. The van der Waals surface area contributed by atoms with Crippen LogP contribution in [-0.2, 0) is 23.1 Å². The van der Waals surface area contributed by atoms with Crippen LogP contribution in [0.2, 0.25) is 5.02 Å². The Morgan fingerprint density at radius 1 is 1.00 bits per heavy atom. The second kappa shape index (κ2) is 7.59. The predicted molar refractivity (Wildman–Crippen MR) is 124 cm³/mol. The van der Waals surface area contributed by atoms with E-state index in [1.54, 1.807) is 12.1 Å². The highest BCUT2D eigenvalue weighted by Gasteiger charge is 2.21. The molecule has 1 aliphatic rings. The number of halogens is 1. The number of fused-ring (bicyclic) bond motifs is 3. The third-order valence-corrected chi connectivity index (χ3v) is 7.24. The molecule has 6 nitrogen and oxygen atoms in total. The molecule has 0 unspecified atom stereocenters. The largest absolute Gasteiger partial charge is 0.362 e. The normalized spacial score (nSPS) is 13.9. The third kappa shape index (κ3) is 3.75. The van der Waals surface area contributed by atoms with E-state index in [0.29, 0.717) is 17.3 Å². The molecule has 2 heterocycles. The van der Waals surface area contributed by atoms with Crippen LogP contribution >= 0.6 is 11.6 Å². The van der Waals surface area contributed by atoms with Gasteiger partial charge in [0.1, 0.15) is 5.82 Å². The number of nitrogens with zero attached hydrogens (tertiary/aromatic N) is 3. The summed E-state index contributed by atoms with van der Waals surface area (Å²) in [5.41, 5.74) is 4.64. The number of hydrogen-bond donors (Lipinski definition) is 1. The smallest absolute Gasteiger partial charge is 0.261 e. The van der Waals surface area contributed by atoms with Crippen LogP contribution in [0.25, 0.3) is 11.0 Å². The summed E-state index contributed by atoms with van der Waals surface area (Å²) in [6, 6.07) is 20.1. The minimum atomic E-state index is -3.68. The molecule has 158 valence electrons. The van der Waals surface area contributed by atoms with Gasteiger partial charge in [0.25, 0.3) is 10.0 Å². The maximum atomic E-state index is 12.7. The van der Waals surface area contributed by atoms with Crippen molar-refractivity contribution in [3.05, 3.63) is 83.1 Å². The van der Waals surface area contributed by atoms with Gasteiger partial charge in [0.2, 0.25) is 0 Å². The molecule has 0 saturated carbocycles. The molecule has 5 rings (SSSR count). The predicted octanol–water partition coefficient (Wildman–Crippen LogP) is 4.82. The van der Waals surface area contributed by atoms with E-state index in [1.807, 2.05) is 43.3 Å². The van der Waals surface area contributed by atoms with Crippen molar-refractivity contribution in [2.75, 3.05) is 16.2 Å². The molecule has 0 radical (unpaired) electrons. The number of rotatable bonds is 4. The lowest BCUT2D eigenvalue weighted by Crippen LogP contribution is -2.33. The van der Waals surface area contributed by atoms with Crippen LogP contribution in [0.5, 0.6) is 0 Å². The summed E-state index contributed by atoms with van der Waals surface area (Å²) in [6.07, 6.45) is 0. The summed E-state index contributed by atoms with van der Waals surface area (Å²) in [5.74, 6) is 1.04. The number of nitrogens with one attached hydrogen (secondary N) is 1. The van der Waals surface area contributed by atoms with Crippen LogP contribution in [0, 0.1) is 6.92 Å². The summed E-state index contributed by atoms with van der Waals surface area (Å²) in [4.78, 5) is 7.22. The van der Waals surface area contributed by atoms with Crippen molar-refractivity contribution >= 4 is 44.0 Å². The van der Waals surface area contributed by atoms with Crippen molar-refractivity contribution < 1.29 is 8.42 Å². The number of anilines is 2. The van der Waals surface area contributed by atoms with E-state index in [-0.39, 0.29) is 4.90 Å². The Kier molecular flexibility index (Phi) is 4.87. The Bertz CT molecular complexity index is 1380. The van der Waals surface area contributed by atoms with E-state index in [1.165, 1.54) is 17.6 Å². The monoisotopic (exact) mass is 452 g/mol. The molecule has 3 aromatic carbocycles. The lowest BCUT2D eigenvalue weighted by atomic mass is 10.1. The highest BCUT2D eigenvalue weighted by Crippen LogP contribution is 2.29. The maximum Gasteiger partial charge on any atom is 0.261 e. The van der Waals surface area contributed by atoms with Gasteiger partial charge in [0.05, 0.1) is 28.2 Å². The topological polar surface area (TPSA) is 67.2 Å². The molecule has 31 heavy (non-hydrogen) atoms. The zero-order chi connectivity index (χ0) is 21.6. The van der Waals surface area contributed by atoms with Gasteiger partial charge in [-0.3, -0.25) is 4.72 Å². The first-order valence-corrected chi connectivity index (χ1v) is 11.8. The minimum Gasteiger partial charge on any atom is -0.362 e. The molecule has 0 fully saturated rings. The van der Waals surface area contributed by atoms with E-state index in [2.05, 4.69) is 20.3 Å². The fraction of sp³-hybridized carbons (Fsp3) is 0.174. The van der Waals surface area contributed by atoms with Gasteiger partial charge in [0, 0.05) is 23.8 Å². The number of aromatic nitrogens is 2. The van der Waals surface area contributed by atoms with Crippen molar-refractivity contribution in [1.82, 2.24) is 9.55 Å². The minimum absolute atomic E-state index is 0.176. The first kappa shape index (κ1) is 19.9. The van der Waals surface area contributed by atoms with E-state index < -0.39 is 10.0 Å². The lowest BCUT2D eigenvalue weighted by Gasteiger charge is -2.30. The molecule has 0 amide bonds. The lowest BCUT2D eigenvalue weighted by molar-refractivity contribution is 0.571. The molecule has 0 spiro atoms. The van der Waals surface area contributed by atoms with Gasteiger partial charge in [0.15, 0.2) is 0 Å². The molecule has 0 saturated heterocycles. The number of benzene rings is 3. The first-order valence-electron chi connectivity index (χ1n) is 9.99. The molecule has 4 aromatic rings. The molecule has 1 aliphatic heterocycles. The van der Waals surface area contributed by atoms with Crippen LogP contribution in [0.1, 0.15) is 11.4 Å². The van der Waals surface area contributed by atoms with Crippen molar-refractivity contribution in [2.24, 2.45) is 0 Å². The van der Waals surface area contributed by atoms with Crippen LogP contribution in [0.15, 0.2) is 71.6 Å². The van der Waals surface area contributed by atoms with Crippen molar-refractivity contribution in [3.8, 4) is 0 Å². The van der Waals surface area contributed by atoms with E-state index in [9.17, 15) is 8.42 Å². The zero-order valence-corrected chi connectivity index (χ0v) is 18.5. The first-order chi connectivity index (χ1) is 14.9. The van der Waals surface area contributed by atoms with Crippen LogP contribution in [0.3, 0.4) is 0 Å². The van der Waals surface area contributed by atoms with Gasteiger partial charge in [-0.2, -0.15) is 0 Å². The number of para-hydroxylation sites is 2. The molecular weight excluding hydrogens is 432 g/mol. The van der Waals surface area contributed by atoms with Gasteiger partial charge in [-0.1, -0.05) is 23.7 Å². The van der Waals surface area contributed by atoms with Gasteiger partial charge in [-0.25, -0.2) is 13.4 Å². The Morgan fingerprint density at radius 2 is 1.77 bits per heavy atom. The molecule has 8 heteroatoms. The van der Waals surface area contributed by atoms with Crippen molar-refractivity contribution in [1.29, 1.82) is 0 Å². The third-order valence-electron chi connectivity index (χ3n) is 5.60. The van der Waals surface area contributed by atoms with E-state index in [4.69, 9.17) is 16.6 Å². The van der Waals surface area contributed by atoms with Crippen LogP contribution < -0.4 is 9.62 Å². The summed E-state index contributed by atoms with van der Waals surface area (Å²) >= 11 is 5.87. The average Bonchev–Trinajstić information content (AvgIpc) is 3.13.